The van der Waals surface area contributed by atoms with Crippen LogP contribution in [-0.2, 0) is 0 Å². The van der Waals surface area contributed by atoms with Crippen molar-refractivity contribution in [1.82, 2.24) is 0 Å². The number of hydrogen-bond acceptors (Lipinski definition) is 0. The first-order valence-electron chi connectivity index (χ1n) is 4.07. The normalized spacial score (nSPS) is 8.92. The van der Waals surface area contributed by atoms with E-state index in [1.165, 1.54) is 11.1 Å². The smallest absolute Gasteiger partial charge is 0.0184 e. The van der Waals surface area contributed by atoms with E-state index in [-0.39, 0.29) is 12.4 Å². The lowest BCUT2D eigenvalue weighted by atomic mass is 10.1. The van der Waals surface area contributed by atoms with Crippen LogP contribution in [0.5, 0.6) is 0 Å². The molecule has 0 nitrogen and oxygen atoms in total. The molecule has 0 heterocycles. The lowest BCUT2D eigenvalue weighted by Gasteiger charge is -1.98. The molecule has 13 heavy (non-hydrogen) atoms. The Balaban J connectivity index is 0.000000845. The van der Waals surface area contributed by atoms with Crippen LogP contribution >= 0.6 is 12.4 Å². The predicted molar refractivity (Wildman–Crippen MR) is 59.1 cm³/mol. The molecule has 0 N–H and O–H groups in total. The minimum absolute atomic E-state index is 0. The van der Waals surface area contributed by atoms with Gasteiger partial charge in [-0.15, -0.1) is 12.4 Å². The van der Waals surface area contributed by atoms with Crippen LogP contribution < -0.4 is 0 Å². The van der Waals surface area contributed by atoms with Gasteiger partial charge in [0, 0.05) is 0 Å². The molecular formula is C12H11Cl. The van der Waals surface area contributed by atoms with E-state index in [1.54, 1.807) is 0 Å². The van der Waals surface area contributed by atoms with E-state index in [1.807, 2.05) is 12.1 Å². The summed E-state index contributed by atoms with van der Waals surface area (Å²) in [5, 5.41) is 0. The van der Waals surface area contributed by atoms with E-state index in [2.05, 4.69) is 48.5 Å². The van der Waals surface area contributed by atoms with Crippen LogP contribution in [0, 0.1) is 0 Å². The van der Waals surface area contributed by atoms with Gasteiger partial charge < -0.3 is 0 Å². The molecule has 0 unspecified atom stereocenters. The van der Waals surface area contributed by atoms with Crippen LogP contribution in [0.2, 0.25) is 0 Å². The van der Waals surface area contributed by atoms with E-state index < -0.39 is 0 Å². The van der Waals surface area contributed by atoms with Crippen molar-refractivity contribution < 1.29 is 0 Å². The zero-order chi connectivity index (χ0) is 8.23. The van der Waals surface area contributed by atoms with Gasteiger partial charge in [-0.1, -0.05) is 60.7 Å². The quantitative estimate of drug-likeness (QED) is 0.642. The fourth-order valence-electron chi connectivity index (χ4n) is 1.26. The van der Waals surface area contributed by atoms with Gasteiger partial charge in [0.05, 0.1) is 0 Å². The Morgan fingerprint density at radius 1 is 0.462 bits per heavy atom. The van der Waals surface area contributed by atoms with Crippen molar-refractivity contribution >= 4 is 12.4 Å². The second-order valence-corrected chi connectivity index (χ2v) is 2.73. The molecule has 0 aliphatic carbocycles. The highest BCUT2D eigenvalue weighted by Gasteiger charge is 1.91. The summed E-state index contributed by atoms with van der Waals surface area (Å²) in [6.07, 6.45) is 0. The molecular weight excluding hydrogens is 180 g/mol. The van der Waals surface area contributed by atoms with Crippen LogP contribution in [0.1, 0.15) is 0 Å². The molecule has 2 rings (SSSR count). The molecule has 0 fully saturated rings. The molecule has 0 aromatic heterocycles. The highest BCUT2D eigenvalue weighted by atomic mass is 35.5. The first-order valence-corrected chi connectivity index (χ1v) is 4.07. The van der Waals surface area contributed by atoms with Crippen molar-refractivity contribution in [2.24, 2.45) is 0 Å². The largest absolute Gasteiger partial charge is 0.147 e. The van der Waals surface area contributed by atoms with Crippen molar-refractivity contribution in [1.29, 1.82) is 0 Å². The lowest BCUT2D eigenvalue weighted by molar-refractivity contribution is 1.62. The highest BCUT2D eigenvalue weighted by molar-refractivity contribution is 5.85. The van der Waals surface area contributed by atoms with Gasteiger partial charge in [-0.05, 0) is 11.1 Å². The number of hydrogen-bond donors (Lipinski definition) is 0. The van der Waals surface area contributed by atoms with Crippen molar-refractivity contribution in [2.75, 3.05) is 0 Å². The first-order chi connectivity index (χ1) is 5.97. The molecule has 2 aromatic carbocycles. The first kappa shape index (κ1) is 9.82. The number of rotatable bonds is 1. The van der Waals surface area contributed by atoms with Gasteiger partial charge in [-0.2, -0.15) is 0 Å². The van der Waals surface area contributed by atoms with Crippen LogP contribution in [0.3, 0.4) is 0 Å². The van der Waals surface area contributed by atoms with Crippen molar-refractivity contribution in [3.63, 3.8) is 0 Å². The van der Waals surface area contributed by atoms with Crippen LogP contribution in [0.4, 0.5) is 0 Å². The lowest BCUT2D eigenvalue weighted by Crippen LogP contribution is -1.73. The summed E-state index contributed by atoms with van der Waals surface area (Å²) in [6.45, 7) is 0. The Hall–Kier alpha value is -1.27. The molecule has 0 atom stereocenters. The number of halogens is 1. The average Bonchev–Trinajstić information content (AvgIpc) is 2.21. The van der Waals surface area contributed by atoms with E-state index in [0.717, 1.165) is 0 Å². The van der Waals surface area contributed by atoms with Crippen LogP contribution in [-0.4, -0.2) is 0 Å². The molecule has 0 aliphatic heterocycles. The minimum Gasteiger partial charge on any atom is -0.147 e. The molecule has 2 aromatic rings. The van der Waals surface area contributed by atoms with Gasteiger partial charge in [-0.3, -0.25) is 0 Å². The van der Waals surface area contributed by atoms with E-state index >= 15 is 0 Å². The Labute approximate surface area is 84.6 Å². The van der Waals surface area contributed by atoms with Gasteiger partial charge in [0.1, 0.15) is 0 Å². The Morgan fingerprint density at radius 2 is 0.769 bits per heavy atom. The van der Waals surface area contributed by atoms with E-state index in [0.29, 0.717) is 0 Å². The Kier molecular flexibility index (Phi) is 3.53. The zero-order valence-electron chi connectivity index (χ0n) is 7.18. The van der Waals surface area contributed by atoms with E-state index in [9.17, 15) is 0 Å². The SMILES string of the molecule is Cl.c1ccc(-c2ccccc2)cc1. The maximum atomic E-state index is 2.12. The molecule has 0 saturated heterocycles. The Morgan fingerprint density at radius 3 is 1.08 bits per heavy atom. The molecule has 66 valence electrons. The van der Waals surface area contributed by atoms with Gasteiger partial charge in [-0.25, -0.2) is 0 Å². The zero-order valence-corrected chi connectivity index (χ0v) is 8.00. The fourth-order valence-corrected chi connectivity index (χ4v) is 1.26. The van der Waals surface area contributed by atoms with Gasteiger partial charge in [0.15, 0.2) is 0 Å². The van der Waals surface area contributed by atoms with Crippen LogP contribution in [0.15, 0.2) is 60.7 Å². The topological polar surface area (TPSA) is 0 Å². The maximum Gasteiger partial charge on any atom is -0.0184 e. The Bertz CT molecular complexity index is 303. The van der Waals surface area contributed by atoms with Gasteiger partial charge >= 0.3 is 0 Å². The van der Waals surface area contributed by atoms with Crippen molar-refractivity contribution in [3.05, 3.63) is 60.7 Å². The average molecular weight is 191 g/mol. The summed E-state index contributed by atoms with van der Waals surface area (Å²) in [4.78, 5) is 0. The molecule has 0 aliphatic rings. The summed E-state index contributed by atoms with van der Waals surface area (Å²) >= 11 is 0. The highest BCUT2D eigenvalue weighted by Crippen LogP contribution is 2.17. The summed E-state index contributed by atoms with van der Waals surface area (Å²) in [5.74, 6) is 0. The standard InChI is InChI=1S/C12H10.ClH/c1-3-7-11(8-4-1)12-9-5-2-6-10-12;/h1-10H;1H. The molecule has 0 radical (unpaired) electrons. The van der Waals surface area contributed by atoms with E-state index in [4.69, 9.17) is 0 Å². The fraction of sp³-hybridized carbons (Fsp3) is 0. The maximum absolute atomic E-state index is 2.12. The third-order valence-electron chi connectivity index (χ3n) is 1.88. The molecule has 0 bridgehead atoms. The molecule has 0 saturated carbocycles. The predicted octanol–water partition coefficient (Wildman–Crippen LogP) is 3.78. The van der Waals surface area contributed by atoms with Crippen molar-refractivity contribution in [3.8, 4) is 11.1 Å². The molecule has 1 heteroatoms. The monoisotopic (exact) mass is 190 g/mol. The molecule has 0 amide bonds. The van der Waals surface area contributed by atoms with Gasteiger partial charge in [0.2, 0.25) is 0 Å². The van der Waals surface area contributed by atoms with Crippen molar-refractivity contribution in [2.45, 2.75) is 0 Å². The second kappa shape index (κ2) is 4.68. The second-order valence-electron chi connectivity index (χ2n) is 2.73. The minimum atomic E-state index is 0. The summed E-state index contributed by atoms with van der Waals surface area (Å²) < 4.78 is 0. The molecule has 0 spiro atoms. The number of benzene rings is 2. The summed E-state index contributed by atoms with van der Waals surface area (Å²) in [6, 6.07) is 20.8. The third kappa shape index (κ3) is 2.33. The third-order valence-corrected chi connectivity index (χ3v) is 1.88. The van der Waals surface area contributed by atoms with Crippen LogP contribution in [0.25, 0.3) is 11.1 Å². The summed E-state index contributed by atoms with van der Waals surface area (Å²) in [7, 11) is 0. The summed E-state index contributed by atoms with van der Waals surface area (Å²) in [5.41, 5.74) is 2.55. The van der Waals surface area contributed by atoms with Gasteiger partial charge in [0.25, 0.3) is 0 Å².